The van der Waals surface area contributed by atoms with Crippen molar-refractivity contribution < 1.29 is 15.1 Å². The van der Waals surface area contributed by atoms with E-state index < -0.39 is 12.0 Å². The molecule has 6 N–H and O–H groups in total. The first-order valence-corrected chi connectivity index (χ1v) is 5.87. The lowest BCUT2D eigenvalue weighted by atomic mass is 10.1. The lowest BCUT2D eigenvalue weighted by molar-refractivity contribution is -0.138. The molecule has 0 rings (SSSR count). The summed E-state index contributed by atoms with van der Waals surface area (Å²) in [7, 11) is 3.11. The number of carboxylic acids is 1. The third-order valence-corrected chi connectivity index (χ3v) is 1.29. The Hall–Kier alpha value is -0.690. The Morgan fingerprint density at radius 2 is 1.65 bits per heavy atom. The fourth-order valence-electron chi connectivity index (χ4n) is 0.632. The van der Waals surface area contributed by atoms with Crippen molar-refractivity contribution in [3.8, 4) is 0 Å². The molecule has 0 aromatic rings. The molecule has 0 amide bonds. The smallest absolute Gasteiger partial charge is 0.320 e. The van der Waals surface area contributed by atoms with Crippen LogP contribution in [0.2, 0.25) is 0 Å². The Balaban J connectivity index is -0.000000232. The van der Waals surface area contributed by atoms with E-state index in [1.807, 2.05) is 0 Å². The quantitative estimate of drug-likeness (QED) is 0.426. The van der Waals surface area contributed by atoms with Crippen LogP contribution >= 0.6 is 0 Å². The molecule has 0 spiro atoms. The fourth-order valence-corrected chi connectivity index (χ4v) is 0.632. The van der Waals surface area contributed by atoms with Crippen molar-refractivity contribution >= 4 is 5.97 Å². The van der Waals surface area contributed by atoms with Crippen molar-refractivity contribution in [1.82, 2.24) is 5.06 Å². The highest BCUT2D eigenvalue weighted by Gasteiger charge is 2.09. The standard InChI is InChI=1S/C6H14N2O2.C3H8.C2H7NO/c7-4-2-1-3-5(8)6(9)10;1-3-2;1-3(2)4/h5H,1-4,7-8H2,(H,9,10);3H2,1-2H3;4H,1-2H3. The van der Waals surface area contributed by atoms with Crippen LogP contribution in [0, 0.1) is 0 Å². The number of nitrogens with zero attached hydrogens (tertiary/aromatic N) is 1. The van der Waals surface area contributed by atoms with Crippen molar-refractivity contribution in [1.29, 1.82) is 0 Å². The summed E-state index contributed by atoms with van der Waals surface area (Å²) in [6, 6.07) is -0.716. The van der Waals surface area contributed by atoms with Crippen LogP contribution in [-0.2, 0) is 4.79 Å². The number of carbonyl (C=O) groups is 1. The van der Waals surface area contributed by atoms with Gasteiger partial charge in [0.15, 0.2) is 0 Å². The van der Waals surface area contributed by atoms with Crippen LogP contribution in [0.1, 0.15) is 39.5 Å². The van der Waals surface area contributed by atoms with Crippen molar-refractivity contribution in [2.75, 3.05) is 20.6 Å². The molecule has 0 fully saturated rings. The minimum absolute atomic E-state index is 0.520. The molecule has 1 atom stereocenters. The maximum atomic E-state index is 10.1. The van der Waals surface area contributed by atoms with Gasteiger partial charge in [-0.1, -0.05) is 26.7 Å². The molecule has 0 aliphatic carbocycles. The largest absolute Gasteiger partial charge is 0.480 e. The van der Waals surface area contributed by atoms with Crippen LogP contribution in [0.4, 0.5) is 0 Å². The summed E-state index contributed by atoms with van der Waals surface area (Å²) in [5.41, 5.74) is 10.4. The molecule has 1 unspecified atom stereocenters. The maximum Gasteiger partial charge on any atom is 0.320 e. The number of rotatable bonds is 5. The Morgan fingerprint density at radius 3 is 1.88 bits per heavy atom. The molecular weight excluding hydrogens is 222 g/mol. The van der Waals surface area contributed by atoms with Crippen LogP contribution in [0.3, 0.4) is 0 Å². The van der Waals surface area contributed by atoms with Gasteiger partial charge in [-0.25, -0.2) is 0 Å². The second kappa shape index (κ2) is 17.7. The maximum absolute atomic E-state index is 10.1. The summed E-state index contributed by atoms with van der Waals surface area (Å²) in [6.07, 6.45) is 3.41. The van der Waals surface area contributed by atoms with Crippen LogP contribution in [0.5, 0.6) is 0 Å². The average molecular weight is 251 g/mol. The second-order valence-corrected chi connectivity index (χ2v) is 3.78. The second-order valence-electron chi connectivity index (χ2n) is 3.78. The van der Waals surface area contributed by atoms with E-state index in [1.54, 1.807) is 14.1 Å². The van der Waals surface area contributed by atoms with Crippen LogP contribution in [-0.4, -0.2) is 48.0 Å². The molecular formula is C11H29N3O3. The van der Waals surface area contributed by atoms with Crippen LogP contribution in [0.25, 0.3) is 0 Å². The van der Waals surface area contributed by atoms with Gasteiger partial charge in [0, 0.05) is 14.1 Å². The average Bonchev–Trinajstić information content (AvgIpc) is 2.18. The predicted octanol–water partition coefficient (Wildman–Crippen LogP) is 0.881. The molecule has 0 saturated heterocycles. The number of hydroxylamine groups is 2. The van der Waals surface area contributed by atoms with Crippen LogP contribution < -0.4 is 11.5 Å². The van der Waals surface area contributed by atoms with Crippen molar-refractivity contribution in [3.63, 3.8) is 0 Å². The number of hydrogen-bond donors (Lipinski definition) is 4. The summed E-state index contributed by atoms with van der Waals surface area (Å²) in [6.45, 7) is 4.85. The molecule has 0 heterocycles. The summed E-state index contributed by atoms with van der Waals surface area (Å²) in [5.74, 6) is -0.933. The summed E-state index contributed by atoms with van der Waals surface area (Å²) < 4.78 is 0. The highest BCUT2D eigenvalue weighted by Crippen LogP contribution is 1.96. The SMILES string of the molecule is CCC.CN(C)O.NCCCCC(N)C(=O)O. The molecule has 0 aromatic heterocycles. The normalized spacial score (nSPS) is 10.8. The fraction of sp³-hybridized carbons (Fsp3) is 0.909. The van der Waals surface area contributed by atoms with Gasteiger partial charge >= 0.3 is 5.97 Å². The predicted molar refractivity (Wildman–Crippen MR) is 70.0 cm³/mol. The summed E-state index contributed by atoms with van der Waals surface area (Å²) >= 11 is 0. The van der Waals surface area contributed by atoms with Gasteiger partial charge in [0.1, 0.15) is 6.04 Å². The molecule has 0 bridgehead atoms. The van der Waals surface area contributed by atoms with E-state index in [4.69, 9.17) is 21.8 Å². The summed E-state index contributed by atoms with van der Waals surface area (Å²) in [5, 5.41) is 17.2. The highest BCUT2D eigenvalue weighted by molar-refractivity contribution is 5.72. The molecule has 0 radical (unpaired) electrons. The number of aliphatic carboxylic acids is 1. The minimum Gasteiger partial charge on any atom is -0.480 e. The van der Waals surface area contributed by atoms with E-state index in [0.29, 0.717) is 13.0 Å². The minimum atomic E-state index is -0.933. The lowest BCUT2D eigenvalue weighted by Gasteiger charge is -2.03. The molecule has 6 heteroatoms. The van der Waals surface area contributed by atoms with Gasteiger partial charge in [-0.2, -0.15) is 5.06 Å². The van der Waals surface area contributed by atoms with Crippen LogP contribution in [0.15, 0.2) is 0 Å². The van der Waals surface area contributed by atoms with Gasteiger partial charge in [0.25, 0.3) is 0 Å². The van der Waals surface area contributed by atoms with E-state index >= 15 is 0 Å². The molecule has 106 valence electrons. The van der Waals surface area contributed by atoms with Gasteiger partial charge in [0.2, 0.25) is 0 Å². The Labute approximate surface area is 105 Å². The van der Waals surface area contributed by atoms with E-state index in [9.17, 15) is 4.79 Å². The third-order valence-electron chi connectivity index (χ3n) is 1.29. The van der Waals surface area contributed by atoms with Gasteiger partial charge < -0.3 is 21.8 Å². The number of unbranched alkanes of at least 4 members (excludes halogenated alkanes) is 1. The Morgan fingerprint density at radius 1 is 1.29 bits per heavy atom. The highest BCUT2D eigenvalue weighted by atomic mass is 16.5. The Kier molecular flexibility index (Phi) is 22.5. The van der Waals surface area contributed by atoms with Gasteiger partial charge in [-0.3, -0.25) is 4.79 Å². The van der Waals surface area contributed by atoms with Gasteiger partial charge in [-0.05, 0) is 19.4 Å². The van der Waals surface area contributed by atoms with E-state index in [1.165, 1.54) is 6.42 Å². The lowest BCUT2D eigenvalue weighted by Crippen LogP contribution is -2.29. The van der Waals surface area contributed by atoms with E-state index in [-0.39, 0.29) is 0 Å². The zero-order valence-corrected chi connectivity index (χ0v) is 11.5. The molecule has 17 heavy (non-hydrogen) atoms. The van der Waals surface area contributed by atoms with Crippen molar-refractivity contribution in [3.05, 3.63) is 0 Å². The van der Waals surface area contributed by atoms with Crippen molar-refractivity contribution in [2.24, 2.45) is 11.5 Å². The van der Waals surface area contributed by atoms with Gasteiger partial charge in [-0.15, -0.1) is 0 Å². The first-order chi connectivity index (χ1) is 7.83. The number of carboxylic acid groups (broad SMARTS) is 1. The topological polar surface area (TPSA) is 113 Å². The Bertz CT molecular complexity index is 152. The third kappa shape index (κ3) is 39.3. The zero-order chi connectivity index (χ0) is 14.3. The number of hydrogen-bond acceptors (Lipinski definition) is 5. The zero-order valence-electron chi connectivity index (χ0n) is 11.5. The summed E-state index contributed by atoms with van der Waals surface area (Å²) in [4.78, 5) is 10.1. The molecule has 0 aliphatic rings. The molecule has 6 nitrogen and oxygen atoms in total. The van der Waals surface area contributed by atoms with E-state index in [2.05, 4.69) is 13.8 Å². The molecule has 0 aliphatic heterocycles. The van der Waals surface area contributed by atoms with Gasteiger partial charge in [0.05, 0.1) is 0 Å². The van der Waals surface area contributed by atoms with E-state index in [0.717, 1.165) is 17.9 Å². The number of nitrogens with two attached hydrogens (primary N) is 2. The molecule has 0 aromatic carbocycles. The monoisotopic (exact) mass is 251 g/mol. The first-order valence-electron chi connectivity index (χ1n) is 5.87. The van der Waals surface area contributed by atoms with Crippen molar-refractivity contribution in [2.45, 2.75) is 45.6 Å². The molecule has 0 saturated carbocycles. The first kappa shape index (κ1) is 21.6.